The second-order valence-electron chi connectivity index (χ2n) is 5.42. The number of nitrogens with one attached hydrogen (secondary N) is 1. The van der Waals surface area contributed by atoms with Gasteiger partial charge in [0.05, 0.1) is 6.26 Å². The van der Waals surface area contributed by atoms with Gasteiger partial charge in [0.15, 0.2) is 6.10 Å². The van der Waals surface area contributed by atoms with E-state index in [1.54, 1.807) is 32.2 Å². The monoisotopic (exact) mass is 322 g/mol. The number of ether oxygens (including phenoxy) is 1. The fourth-order valence-electron chi connectivity index (χ4n) is 2.27. The average Bonchev–Trinajstić information content (AvgIpc) is 3.14. The van der Waals surface area contributed by atoms with E-state index in [2.05, 4.69) is 10.5 Å². The van der Waals surface area contributed by atoms with E-state index in [0.29, 0.717) is 17.2 Å². The molecule has 5 nitrogen and oxygen atoms in total. The van der Waals surface area contributed by atoms with Crippen molar-refractivity contribution in [1.82, 2.24) is 5.43 Å². The smallest absolute Gasteiger partial charge is 0.280 e. The van der Waals surface area contributed by atoms with Crippen LogP contribution < -0.4 is 10.2 Å². The minimum absolute atomic E-state index is 0.325. The summed E-state index contributed by atoms with van der Waals surface area (Å²) in [7, 11) is 0. The Labute approximate surface area is 139 Å². The molecular weight excluding hydrogens is 304 g/mol. The van der Waals surface area contributed by atoms with Crippen molar-refractivity contribution in [3.8, 4) is 5.75 Å². The molecule has 122 valence electrons. The summed E-state index contributed by atoms with van der Waals surface area (Å²) in [6.45, 7) is 3.44. The number of hydrogen-bond donors (Lipinski definition) is 1. The Hall–Kier alpha value is -3.08. The molecule has 0 saturated carbocycles. The van der Waals surface area contributed by atoms with Gasteiger partial charge in [-0.15, -0.1) is 0 Å². The van der Waals surface area contributed by atoms with Crippen molar-refractivity contribution in [2.45, 2.75) is 20.0 Å². The lowest BCUT2D eigenvalue weighted by molar-refractivity contribution is -0.127. The number of hydrazone groups is 1. The summed E-state index contributed by atoms with van der Waals surface area (Å²) in [5, 5.41) is 6.21. The van der Waals surface area contributed by atoms with Gasteiger partial charge in [-0.1, -0.05) is 30.3 Å². The van der Waals surface area contributed by atoms with Gasteiger partial charge < -0.3 is 9.15 Å². The molecule has 1 unspecified atom stereocenters. The minimum atomic E-state index is -0.667. The molecule has 1 N–H and O–H groups in total. The Bertz CT molecular complexity index is 869. The summed E-state index contributed by atoms with van der Waals surface area (Å²) in [5.74, 6) is 0.926. The van der Waals surface area contributed by atoms with E-state index in [0.717, 1.165) is 10.8 Å². The third-order valence-electron chi connectivity index (χ3n) is 3.61. The largest absolute Gasteiger partial charge is 0.481 e. The summed E-state index contributed by atoms with van der Waals surface area (Å²) >= 11 is 0. The summed E-state index contributed by atoms with van der Waals surface area (Å²) < 4.78 is 10.9. The van der Waals surface area contributed by atoms with Gasteiger partial charge in [-0.05, 0) is 48.9 Å². The lowest BCUT2D eigenvalue weighted by atomic mass is 10.1. The predicted octanol–water partition coefficient (Wildman–Crippen LogP) is 3.74. The lowest BCUT2D eigenvalue weighted by Crippen LogP contribution is -2.33. The predicted molar refractivity (Wildman–Crippen MR) is 93.1 cm³/mol. The Balaban J connectivity index is 1.63. The average molecular weight is 322 g/mol. The van der Waals surface area contributed by atoms with Crippen molar-refractivity contribution >= 4 is 22.4 Å². The molecule has 0 aliphatic carbocycles. The van der Waals surface area contributed by atoms with Crippen LogP contribution in [0, 0.1) is 0 Å². The molecule has 5 heteroatoms. The van der Waals surface area contributed by atoms with Gasteiger partial charge in [0, 0.05) is 0 Å². The zero-order chi connectivity index (χ0) is 16.9. The molecule has 3 aromatic rings. The van der Waals surface area contributed by atoms with E-state index in [1.807, 2.05) is 42.5 Å². The van der Waals surface area contributed by atoms with E-state index in [9.17, 15) is 4.79 Å². The highest BCUT2D eigenvalue weighted by Gasteiger charge is 2.14. The molecule has 0 fully saturated rings. The van der Waals surface area contributed by atoms with Gasteiger partial charge in [-0.2, -0.15) is 5.10 Å². The fraction of sp³-hybridized carbons (Fsp3) is 0.158. The molecular formula is C19H18N2O3. The quantitative estimate of drug-likeness (QED) is 0.575. The first kappa shape index (κ1) is 15.8. The van der Waals surface area contributed by atoms with E-state index >= 15 is 0 Å². The Kier molecular flexibility index (Phi) is 4.61. The molecule has 1 amide bonds. The summed E-state index contributed by atoms with van der Waals surface area (Å²) in [6.07, 6.45) is 0.890. The lowest BCUT2D eigenvalue weighted by Gasteiger charge is -2.13. The molecule has 24 heavy (non-hydrogen) atoms. The number of carbonyl (C=O) groups excluding carboxylic acids is 1. The highest BCUT2D eigenvalue weighted by Crippen LogP contribution is 2.21. The van der Waals surface area contributed by atoms with E-state index in [1.165, 1.54) is 0 Å². The minimum Gasteiger partial charge on any atom is -0.481 e. The molecule has 0 aliphatic heterocycles. The molecule has 0 bridgehead atoms. The van der Waals surface area contributed by atoms with Crippen LogP contribution in [-0.2, 0) is 4.79 Å². The molecule has 1 aromatic heterocycles. The second-order valence-corrected chi connectivity index (χ2v) is 5.42. The molecule has 1 atom stereocenters. The summed E-state index contributed by atoms with van der Waals surface area (Å²) in [4.78, 5) is 12.1. The van der Waals surface area contributed by atoms with Crippen molar-refractivity contribution in [3.05, 3.63) is 66.6 Å². The van der Waals surface area contributed by atoms with Gasteiger partial charge in [-0.25, -0.2) is 5.43 Å². The zero-order valence-corrected chi connectivity index (χ0v) is 13.5. The maximum Gasteiger partial charge on any atom is 0.280 e. The van der Waals surface area contributed by atoms with Gasteiger partial charge in [0.25, 0.3) is 5.91 Å². The van der Waals surface area contributed by atoms with Crippen LogP contribution in [0.5, 0.6) is 5.75 Å². The topological polar surface area (TPSA) is 63.8 Å². The van der Waals surface area contributed by atoms with Crippen LogP contribution in [0.15, 0.2) is 70.4 Å². The number of hydrogen-bond acceptors (Lipinski definition) is 4. The Morgan fingerprint density at radius 3 is 2.67 bits per heavy atom. The van der Waals surface area contributed by atoms with Gasteiger partial charge in [0.2, 0.25) is 0 Å². The maximum atomic E-state index is 12.1. The van der Waals surface area contributed by atoms with Gasteiger partial charge in [0.1, 0.15) is 17.2 Å². The van der Waals surface area contributed by atoms with Crippen LogP contribution in [0.3, 0.4) is 0 Å². The number of furan rings is 1. The first-order chi connectivity index (χ1) is 11.6. The molecule has 0 radical (unpaired) electrons. The van der Waals surface area contributed by atoms with Gasteiger partial charge in [-0.3, -0.25) is 4.79 Å². The number of carbonyl (C=O) groups is 1. The van der Waals surface area contributed by atoms with Crippen molar-refractivity contribution in [2.75, 3.05) is 0 Å². The highest BCUT2D eigenvalue weighted by molar-refractivity contribution is 5.97. The summed E-state index contributed by atoms with van der Waals surface area (Å²) in [5.41, 5.74) is 3.08. The zero-order valence-electron chi connectivity index (χ0n) is 13.5. The van der Waals surface area contributed by atoms with Crippen LogP contribution in [0.4, 0.5) is 0 Å². The van der Waals surface area contributed by atoms with Crippen LogP contribution in [-0.4, -0.2) is 17.7 Å². The SMILES string of the molecule is C/C(=N\NC(=O)C(C)Oc1ccc2ccccc2c1)c1ccco1. The fourth-order valence-corrected chi connectivity index (χ4v) is 2.27. The van der Waals surface area contributed by atoms with Crippen LogP contribution in [0.25, 0.3) is 10.8 Å². The molecule has 1 heterocycles. The summed E-state index contributed by atoms with van der Waals surface area (Å²) in [6, 6.07) is 17.3. The molecule has 2 aromatic carbocycles. The number of amides is 1. The van der Waals surface area contributed by atoms with E-state index < -0.39 is 6.10 Å². The van der Waals surface area contributed by atoms with Crippen LogP contribution >= 0.6 is 0 Å². The van der Waals surface area contributed by atoms with Gasteiger partial charge >= 0.3 is 0 Å². The van der Waals surface area contributed by atoms with Crippen molar-refractivity contribution in [3.63, 3.8) is 0 Å². The first-order valence-corrected chi connectivity index (χ1v) is 7.67. The number of fused-ring (bicyclic) bond motifs is 1. The van der Waals surface area contributed by atoms with Crippen molar-refractivity contribution < 1.29 is 13.9 Å². The normalized spacial score (nSPS) is 12.8. The third kappa shape index (κ3) is 3.63. The van der Waals surface area contributed by atoms with Crippen molar-refractivity contribution in [2.24, 2.45) is 5.10 Å². The van der Waals surface area contributed by atoms with E-state index in [-0.39, 0.29) is 5.91 Å². The molecule has 3 rings (SSSR count). The maximum absolute atomic E-state index is 12.1. The number of benzene rings is 2. The Morgan fingerprint density at radius 1 is 1.12 bits per heavy atom. The highest BCUT2D eigenvalue weighted by atomic mass is 16.5. The molecule has 0 saturated heterocycles. The third-order valence-corrected chi connectivity index (χ3v) is 3.61. The van der Waals surface area contributed by atoms with E-state index in [4.69, 9.17) is 9.15 Å². The van der Waals surface area contributed by atoms with Crippen LogP contribution in [0.1, 0.15) is 19.6 Å². The van der Waals surface area contributed by atoms with Crippen LogP contribution in [0.2, 0.25) is 0 Å². The number of rotatable bonds is 5. The second kappa shape index (κ2) is 7.00. The Morgan fingerprint density at radius 2 is 1.92 bits per heavy atom. The number of nitrogens with zero attached hydrogens (tertiary/aromatic N) is 1. The molecule has 0 spiro atoms. The standard InChI is InChI=1S/C19H18N2O3/c1-13(18-8-5-11-23-18)20-21-19(22)14(2)24-17-10-9-15-6-3-4-7-16(15)12-17/h3-12,14H,1-2H3,(H,21,22)/b20-13+. The first-order valence-electron chi connectivity index (χ1n) is 7.67. The molecule has 0 aliphatic rings. The van der Waals surface area contributed by atoms with Crippen molar-refractivity contribution in [1.29, 1.82) is 0 Å².